The van der Waals surface area contributed by atoms with Crippen LogP contribution in [0.2, 0.25) is 0 Å². The molecule has 10 heteroatoms. The number of carbonyl (C=O) groups is 1. The maximum absolute atomic E-state index is 12.3. The average molecular weight is 416 g/mol. The first-order valence-corrected chi connectivity index (χ1v) is 8.50. The summed E-state index contributed by atoms with van der Waals surface area (Å²) < 4.78 is 63.3. The van der Waals surface area contributed by atoms with Gasteiger partial charge in [0.1, 0.15) is 12.4 Å². The zero-order valence-corrected chi connectivity index (χ0v) is 15.5. The highest BCUT2D eigenvalue weighted by atomic mass is 19.3. The van der Waals surface area contributed by atoms with Gasteiger partial charge in [0.2, 0.25) is 0 Å². The van der Waals surface area contributed by atoms with Crippen molar-refractivity contribution in [2.45, 2.75) is 26.1 Å². The number of hydrogen-bond acceptors (Lipinski definition) is 4. The Balaban J connectivity index is 1.83. The molecule has 0 saturated heterocycles. The third-order valence-corrected chi connectivity index (χ3v) is 3.62. The van der Waals surface area contributed by atoms with Gasteiger partial charge < -0.3 is 24.8 Å². The fraction of sp³-hybridized carbons (Fsp3) is 0.316. The average Bonchev–Trinajstić information content (AvgIpc) is 2.69. The van der Waals surface area contributed by atoms with Gasteiger partial charge in [0.05, 0.1) is 7.11 Å². The lowest BCUT2D eigenvalue weighted by Crippen LogP contribution is -2.34. The summed E-state index contributed by atoms with van der Waals surface area (Å²) in [6.07, 6.45) is -2.57. The number of rotatable bonds is 10. The molecule has 0 bridgehead atoms. The molecule has 2 rings (SSSR count). The first-order chi connectivity index (χ1) is 13.9. The summed E-state index contributed by atoms with van der Waals surface area (Å²) in [5.41, 5.74) is 1.28. The summed E-state index contributed by atoms with van der Waals surface area (Å²) in [5.74, 6) is 0.290. The standard InChI is InChI=1S/C19H20F4N2O4/c1-27-16-8-13(5-6-15(16)29-18(22)23)10-25-19(26)24-9-12-3-2-4-14(7-12)28-11-17(20)21/h2-8,17-18H,9-11H2,1H3,(H2,24,25,26). The van der Waals surface area contributed by atoms with Gasteiger partial charge in [-0.3, -0.25) is 0 Å². The van der Waals surface area contributed by atoms with E-state index in [0.29, 0.717) is 11.1 Å². The van der Waals surface area contributed by atoms with E-state index >= 15 is 0 Å². The lowest BCUT2D eigenvalue weighted by Gasteiger charge is -2.12. The molecule has 2 aromatic carbocycles. The Bertz CT molecular complexity index is 806. The molecule has 29 heavy (non-hydrogen) atoms. The van der Waals surface area contributed by atoms with Crippen molar-refractivity contribution in [2.75, 3.05) is 13.7 Å². The molecule has 2 amide bonds. The molecule has 2 N–H and O–H groups in total. The van der Waals surface area contributed by atoms with Crippen LogP contribution in [-0.2, 0) is 13.1 Å². The summed E-state index contributed by atoms with van der Waals surface area (Å²) in [4.78, 5) is 11.9. The number of halogens is 4. The minimum atomic E-state index is -2.97. The minimum Gasteiger partial charge on any atom is -0.493 e. The van der Waals surface area contributed by atoms with Crippen molar-refractivity contribution in [3.8, 4) is 17.2 Å². The van der Waals surface area contributed by atoms with Gasteiger partial charge in [-0.1, -0.05) is 18.2 Å². The molecular formula is C19H20F4N2O4. The fourth-order valence-electron chi connectivity index (χ4n) is 2.35. The Kier molecular flexibility index (Phi) is 8.38. The first-order valence-electron chi connectivity index (χ1n) is 8.50. The number of methoxy groups -OCH3 is 1. The number of hydrogen-bond donors (Lipinski definition) is 2. The van der Waals surface area contributed by atoms with Crippen molar-refractivity contribution in [1.29, 1.82) is 0 Å². The zero-order chi connectivity index (χ0) is 21.2. The molecule has 0 aromatic heterocycles. The quantitative estimate of drug-likeness (QED) is 0.576. The van der Waals surface area contributed by atoms with Crippen LogP contribution in [0.1, 0.15) is 11.1 Å². The predicted octanol–water partition coefficient (Wildman–Crippen LogP) is 3.94. The largest absolute Gasteiger partial charge is 0.493 e. The van der Waals surface area contributed by atoms with Crippen LogP contribution in [0, 0.1) is 0 Å². The molecular weight excluding hydrogens is 396 g/mol. The van der Waals surface area contributed by atoms with Gasteiger partial charge in [-0.2, -0.15) is 8.78 Å². The van der Waals surface area contributed by atoms with E-state index in [0.717, 1.165) is 0 Å². The molecule has 6 nitrogen and oxygen atoms in total. The van der Waals surface area contributed by atoms with Gasteiger partial charge >= 0.3 is 12.6 Å². The van der Waals surface area contributed by atoms with Crippen molar-refractivity contribution in [3.05, 3.63) is 53.6 Å². The molecule has 158 valence electrons. The molecule has 0 aliphatic heterocycles. The van der Waals surface area contributed by atoms with Gasteiger partial charge in [0, 0.05) is 13.1 Å². The van der Waals surface area contributed by atoms with Crippen molar-refractivity contribution >= 4 is 6.03 Å². The van der Waals surface area contributed by atoms with Crippen LogP contribution in [-0.4, -0.2) is 32.8 Å². The first kappa shape index (κ1) is 22.1. The second-order valence-corrected chi connectivity index (χ2v) is 5.75. The highest BCUT2D eigenvalue weighted by Gasteiger charge is 2.11. The lowest BCUT2D eigenvalue weighted by atomic mass is 10.2. The Hall–Kier alpha value is -3.17. The van der Waals surface area contributed by atoms with Crippen LogP contribution in [0.15, 0.2) is 42.5 Å². The Morgan fingerprint density at radius 3 is 2.28 bits per heavy atom. The van der Waals surface area contributed by atoms with E-state index < -0.39 is 25.7 Å². The van der Waals surface area contributed by atoms with Crippen molar-refractivity contribution in [1.82, 2.24) is 10.6 Å². The minimum absolute atomic E-state index is 0.107. The van der Waals surface area contributed by atoms with E-state index in [1.54, 1.807) is 24.3 Å². The topological polar surface area (TPSA) is 68.8 Å². The van der Waals surface area contributed by atoms with Crippen molar-refractivity contribution in [2.24, 2.45) is 0 Å². The lowest BCUT2D eigenvalue weighted by molar-refractivity contribution is -0.0512. The van der Waals surface area contributed by atoms with E-state index in [1.807, 2.05) is 0 Å². The van der Waals surface area contributed by atoms with Gasteiger partial charge in [0.15, 0.2) is 11.5 Å². The Labute approximate surface area is 164 Å². The summed E-state index contributed by atoms with van der Waals surface area (Å²) >= 11 is 0. The number of urea groups is 1. The van der Waals surface area contributed by atoms with Gasteiger partial charge in [-0.15, -0.1) is 0 Å². The van der Waals surface area contributed by atoms with Crippen molar-refractivity contribution < 1.29 is 36.6 Å². The summed E-state index contributed by atoms with van der Waals surface area (Å²) in [5, 5.41) is 5.23. The molecule has 0 radical (unpaired) electrons. The van der Waals surface area contributed by atoms with E-state index in [1.165, 1.54) is 25.3 Å². The van der Waals surface area contributed by atoms with E-state index in [9.17, 15) is 22.4 Å². The van der Waals surface area contributed by atoms with Crippen LogP contribution in [0.4, 0.5) is 22.4 Å². The molecule has 0 aliphatic rings. The number of amides is 2. The molecule has 0 saturated carbocycles. The highest BCUT2D eigenvalue weighted by molar-refractivity contribution is 5.73. The number of ether oxygens (including phenoxy) is 3. The third kappa shape index (κ3) is 7.76. The third-order valence-electron chi connectivity index (χ3n) is 3.62. The van der Waals surface area contributed by atoms with Crippen LogP contribution in [0.5, 0.6) is 17.2 Å². The maximum Gasteiger partial charge on any atom is 0.387 e. The summed E-state index contributed by atoms with van der Waals surface area (Å²) in [7, 11) is 1.32. The number of alkyl halides is 4. The van der Waals surface area contributed by atoms with Crippen LogP contribution in [0.25, 0.3) is 0 Å². The number of carbonyl (C=O) groups excluding carboxylic acids is 1. The Morgan fingerprint density at radius 2 is 1.66 bits per heavy atom. The van der Waals surface area contributed by atoms with E-state index in [2.05, 4.69) is 15.4 Å². The molecule has 0 aliphatic carbocycles. The van der Waals surface area contributed by atoms with Crippen molar-refractivity contribution in [3.63, 3.8) is 0 Å². The molecule has 0 spiro atoms. The second-order valence-electron chi connectivity index (χ2n) is 5.75. The molecule has 0 heterocycles. The van der Waals surface area contributed by atoms with E-state index in [4.69, 9.17) is 9.47 Å². The predicted molar refractivity (Wildman–Crippen MR) is 96.6 cm³/mol. The SMILES string of the molecule is COc1cc(CNC(=O)NCc2cccc(OCC(F)F)c2)ccc1OC(F)F. The molecule has 2 aromatic rings. The van der Waals surface area contributed by atoms with Gasteiger partial charge in [0.25, 0.3) is 6.43 Å². The zero-order valence-electron chi connectivity index (χ0n) is 15.5. The van der Waals surface area contributed by atoms with Gasteiger partial charge in [-0.05, 0) is 35.4 Å². The summed E-state index contributed by atoms with van der Waals surface area (Å²) in [6, 6.07) is 10.3. The molecule has 0 fully saturated rings. The summed E-state index contributed by atoms with van der Waals surface area (Å²) in [6.45, 7) is -3.41. The van der Waals surface area contributed by atoms with Gasteiger partial charge in [-0.25, -0.2) is 13.6 Å². The molecule has 0 unspecified atom stereocenters. The number of benzene rings is 2. The highest BCUT2D eigenvalue weighted by Crippen LogP contribution is 2.29. The second kappa shape index (κ2) is 11.0. The monoisotopic (exact) mass is 416 g/mol. The fourth-order valence-corrected chi connectivity index (χ4v) is 2.35. The van der Waals surface area contributed by atoms with Crippen LogP contribution < -0.4 is 24.8 Å². The molecule has 0 atom stereocenters. The van der Waals surface area contributed by atoms with E-state index in [-0.39, 0.29) is 30.3 Å². The number of nitrogens with one attached hydrogen (secondary N) is 2. The maximum atomic E-state index is 12.3. The normalized spacial score (nSPS) is 10.7. The smallest absolute Gasteiger partial charge is 0.387 e. The van der Waals surface area contributed by atoms with Crippen LogP contribution in [0.3, 0.4) is 0 Å². The Morgan fingerprint density at radius 1 is 0.966 bits per heavy atom. The van der Waals surface area contributed by atoms with Crippen LogP contribution >= 0.6 is 0 Å².